The van der Waals surface area contributed by atoms with Gasteiger partial charge in [0.05, 0.1) is 11.8 Å². The normalized spacial score (nSPS) is 35.8. The van der Waals surface area contributed by atoms with Crippen molar-refractivity contribution in [1.29, 1.82) is 0 Å². The number of hydrogen-bond donors (Lipinski definition) is 0. The van der Waals surface area contributed by atoms with Gasteiger partial charge in [-0.3, -0.25) is 19.3 Å². The van der Waals surface area contributed by atoms with Crippen molar-refractivity contribution in [3.63, 3.8) is 0 Å². The van der Waals surface area contributed by atoms with Gasteiger partial charge in [-0.05, 0) is 37.5 Å². The smallest absolute Gasteiger partial charge is 0.242 e. The van der Waals surface area contributed by atoms with E-state index < -0.39 is 0 Å². The maximum Gasteiger partial charge on any atom is 0.242 e. The predicted octanol–water partition coefficient (Wildman–Crippen LogP) is 1.98. The van der Waals surface area contributed by atoms with E-state index in [-0.39, 0.29) is 36.1 Å². The molecule has 4 atom stereocenters. The number of carbonyl (C=O) groups excluding carboxylic acids is 3. The Balaban J connectivity index is 1.39. The predicted molar refractivity (Wildman–Crippen MR) is 88.7 cm³/mol. The molecule has 4 unspecified atom stereocenters. The molecule has 3 fully saturated rings. The molecule has 4 rings (SSSR count). The van der Waals surface area contributed by atoms with E-state index in [1.807, 2.05) is 17.1 Å². The van der Waals surface area contributed by atoms with Crippen LogP contribution in [0.1, 0.15) is 44.9 Å². The van der Waals surface area contributed by atoms with Crippen molar-refractivity contribution < 1.29 is 14.4 Å². The van der Waals surface area contributed by atoms with Gasteiger partial charge in [0.2, 0.25) is 17.7 Å². The third-order valence-electron chi connectivity index (χ3n) is 6.54. The molecule has 2 saturated heterocycles. The molecule has 0 radical (unpaired) electrons. The number of likely N-dealkylation sites (tertiary alicyclic amines) is 2. The molecule has 5 nitrogen and oxygen atoms in total. The van der Waals surface area contributed by atoms with Crippen LogP contribution in [0.4, 0.5) is 0 Å². The molecule has 2 aliphatic heterocycles. The van der Waals surface area contributed by atoms with Crippen LogP contribution in [-0.4, -0.2) is 47.2 Å². The number of carbonyl (C=O) groups is 3. The topological polar surface area (TPSA) is 57.7 Å². The minimum atomic E-state index is -0.237. The van der Waals surface area contributed by atoms with Crippen LogP contribution in [0.15, 0.2) is 12.2 Å². The van der Waals surface area contributed by atoms with Gasteiger partial charge in [-0.15, -0.1) is 0 Å². The number of allylic oxidation sites excluding steroid dienone is 2. The highest BCUT2D eigenvalue weighted by molar-refractivity contribution is 6.07. The fourth-order valence-electron chi connectivity index (χ4n) is 5.09. The second kappa shape index (κ2) is 6.34. The summed E-state index contributed by atoms with van der Waals surface area (Å²) < 4.78 is 0. The average molecular weight is 330 g/mol. The Hall–Kier alpha value is -1.65. The van der Waals surface area contributed by atoms with Gasteiger partial charge >= 0.3 is 0 Å². The van der Waals surface area contributed by atoms with Crippen LogP contribution >= 0.6 is 0 Å². The Bertz CT molecular complexity index is 559. The Labute approximate surface area is 143 Å². The molecule has 130 valence electrons. The van der Waals surface area contributed by atoms with Gasteiger partial charge in [0.25, 0.3) is 0 Å². The summed E-state index contributed by atoms with van der Waals surface area (Å²) in [5.41, 5.74) is 0. The zero-order valence-corrected chi connectivity index (χ0v) is 14.2. The summed E-state index contributed by atoms with van der Waals surface area (Å²) >= 11 is 0. The molecule has 2 heterocycles. The van der Waals surface area contributed by atoms with Crippen molar-refractivity contribution in [3.05, 3.63) is 12.2 Å². The van der Waals surface area contributed by atoms with E-state index in [2.05, 4.69) is 0 Å². The van der Waals surface area contributed by atoms with Gasteiger partial charge in [0.1, 0.15) is 6.54 Å². The lowest BCUT2D eigenvalue weighted by atomic mass is 9.75. The van der Waals surface area contributed by atoms with Crippen molar-refractivity contribution in [2.45, 2.75) is 44.9 Å². The number of nitrogens with zero attached hydrogens (tertiary/aromatic N) is 2. The van der Waals surface area contributed by atoms with Gasteiger partial charge in [-0.2, -0.15) is 0 Å². The Morgan fingerprint density at radius 3 is 2.25 bits per heavy atom. The Kier molecular flexibility index (Phi) is 4.19. The second-order valence-corrected chi connectivity index (χ2v) is 7.85. The number of piperidine rings is 1. The molecule has 0 bridgehead atoms. The summed E-state index contributed by atoms with van der Waals surface area (Å²) in [6.45, 7) is 1.54. The third kappa shape index (κ3) is 2.68. The van der Waals surface area contributed by atoms with Crippen LogP contribution in [0.5, 0.6) is 0 Å². The van der Waals surface area contributed by atoms with E-state index in [0.717, 1.165) is 25.4 Å². The molecule has 1 saturated carbocycles. The zero-order chi connectivity index (χ0) is 16.7. The third-order valence-corrected chi connectivity index (χ3v) is 6.54. The van der Waals surface area contributed by atoms with E-state index in [0.29, 0.717) is 18.8 Å². The van der Waals surface area contributed by atoms with Gasteiger partial charge in [0.15, 0.2) is 0 Å². The molecule has 3 amide bonds. The lowest BCUT2D eigenvalue weighted by molar-refractivity contribution is -0.147. The first-order valence-corrected chi connectivity index (χ1v) is 9.43. The molecule has 4 aliphatic rings. The van der Waals surface area contributed by atoms with Crippen molar-refractivity contribution in [1.82, 2.24) is 9.80 Å². The number of hydrogen-bond acceptors (Lipinski definition) is 3. The van der Waals surface area contributed by atoms with E-state index in [1.54, 1.807) is 0 Å². The first kappa shape index (κ1) is 15.9. The largest absolute Gasteiger partial charge is 0.341 e. The maximum atomic E-state index is 12.7. The van der Waals surface area contributed by atoms with Crippen LogP contribution in [-0.2, 0) is 14.4 Å². The fourth-order valence-corrected chi connectivity index (χ4v) is 5.09. The minimum Gasteiger partial charge on any atom is -0.341 e. The quantitative estimate of drug-likeness (QED) is 0.574. The lowest BCUT2D eigenvalue weighted by Crippen LogP contribution is -2.49. The molecular weight excluding hydrogens is 304 g/mol. The number of fused-ring (bicyclic) bond motifs is 2. The van der Waals surface area contributed by atoms with Gasteiger partial charge in [-0.25, -0.2) is 0 Å². The van der Waals surface area contributed by atoms with E-state index in [4.69, 9.17) is 0 Å². The monoisotopic (exact) mass is 330 g/mol. The first-order valence-electron chi connectivity index (χ1n) is 9.43. The molecule has 0 N–H and O–H groups in total. The molecule has 0 aromatic heterocycles. The lowest BCUT2D eigenvalue weighted by Gasteiger charge is -2.41. The van der Waals surface area contributed by atoms with Crippen LogP contribution in [0.2, 0.25) is 0 Å². The Morgan fingerprint density at radius 2 is 1.58 bits per heavy atom. The van der Waals surface area contributed by atoms with Gasteiger partial charge in [-0.1, -0.05) is 31.4 Å². The molecule has 2 aliphatic carbocycles. The highest BCUT2D eigenvalue weighted by atomic mass is 16.2. The standard InChI is InChI=1S/C19H26N2O3/c22-17(20-10-9-13-5-1-2-6-14(13)11-20)12-21-18(23)15-7-3-4-8-16(15)19(21)24/h3-4,13-16H,1-2,5-12H2. The zero-order valence-electron chi connectivity index (χ0n) is 14.2. The van der Waals surface area contributed by atoms with E-state index in [9.17, 15) is 14.4 Å². The molecule has 5 heteroatoms. The number of imide groups is 1. The van der Waals surface area contributed by atoms with E-state index >= 15 is 0 Å². The molecule has 0 aromatic carbocycles. The fraction of sp³-hybridized carbons (Fsp3) is 0.737. The highest BCUT2D eigenvalue weighted by Gasteiger charge is 2.48. The maximum absolute atomic E-state index is 12.7. The van der Waals surface area contributed by atoms with E-state index in [1.165, 1.54) is 30.6 Å². The summed E-state index contributed by atoms with van der Waals surface area (Å²) in [6, 6.07) is 0. The molecule has 0 spiro atoms. The van der Waals surface area contributed by atoms with Crippen LogP contribution in [0, 0.1) is 23.7 Å². The second-order valence-electron chi connectivity index (χ2n) is 7.85. The van der Waals surface area contributed by atoms with Gasteiger partial charge < -0.3 is 4.90 Å². The summed E-state index contributed by atoms with van der Waals surface area (Å²) in [5.74, 6) is 0.580. The van der Waals surface area contributed by atoms with Crippen LogP contribution in [0.3, 0.4) is 0 Å². The Morgan fingerprint density at radius 1 is 0.958 bits per heavy atom. The van der Waals surface area contributed by atoms with Crippen molar-refractivity contribution >= 4 is 17.7 Å². The highest BCUT2D eigenvalue weighted by Crippen LogP contribution is 2.37. The summed E-state index contributed by atoms with van der Waals surface area (Å²) in [6.07, 6.45) is 11.4. The first-order chi connectivity index (χ1) is 11.6. The van der Waals surface area contributed by atoms with Crippen molar-refractivity contribution in [3.8, 4) is 0 Å². The summed E-state index contributed by atoms with van der Waals surface area (Å²) in [7, 11) is 0. The number of amides is 3. The van der Waals surface area contributed by atoms with Crippen LogP contribution < -0.4 is 0 Å². The summed E-state index contributed by atoms with van der Waals surface area (Å²) in [4.78, 5) is 40.8. The molecular formula is C19H26N2O3. The average Bonchev–Trinajstić information content (AvgIpc) is 2.86. The van der Waals surface area contributed by atoms with Crippen molar-refractivity contribution in [2.75, 3.05) is 19.6 Å². The number of rotatable bonds is 2. The minimum absolute atomic E-state index is 0.0488. The summed E-state index contributed by atoms with van der Waals surface area (Å²) in [5, 5.41) is 0. The molecule has 0 aromatic rings. The molecule has 24 heavy (non-hydrogen) atoms. The van der Waals surface area contributed by atoms with Crippen LogP contribution in [0.25, 0.3) is 0 Å². The van der Waals surface area contributed by atoms with Gasteiger partial charge in [0, 0.05) is 13.1 Å². The SMILES string of the molecule is O=C(CN1C(=O)C2CC=CCC2C1=O)N1CCC2CCCCC2C1. The van der Waals surface area contributed by atoms with Crippen molar-refractivity contribution in [2.24, 2.45) is 23.7 Å².